The van der Waals surface area contributed by atoms with Crippen LogP contribution in [0.3, 0.4) is 0 Å². The third kappa shape index (κ3) is 3.64. The number of aliphatic hydroxyl groups excluding tert-OH is 1. The first-order valence-corrected chi connectivity index (χ1v) is 5.30. The molecule has 3 N–H and O–H groups in total. The van der Waals surface area contributed by atoms with E-state index in [4.69, 9.17) is 20.3 Å². The molecule has 0 spiro atoms. The molecule has 0 heterocycles. The number of nitrogen functional groups attached to an aromatic ring is 1. The van der Waals surface area contributed by atoms with Crippen molar-refractivity contribution in [3.05, 3.63) is 23.8 Å². The molecule has 0 aliphatic carbocycles. The number of hydrogen-bond donors (Lipinski definition) is 2. The minimum atomic E-state index is -0.505. The molecule has 1 atom stereocenters. The van der Waals surface area contributed by atoms with E-state index in [9.17, 15) is 4.79 Å². The zero-order valence-electron chi connectivity index (χ0n) is 9.97. The van der Waals surface area contributed by atoms with E-state index in [0.29, 0.717) is 11.4 Å². The minimum absolute atomic E-state index is 0.0264. The first-order valence-electron chi connectivity index (χ1n) is 5.30. The van der Waals surface area contributed by atoms with Crippen molar-refractivity contribution in [2.24, 2.45) is 5.92 Å². The fourth-order valence-electron chi connectivity index (χ4n) is 1.23. The highest BCUT2D eigenvalue weighted by molar-refractivity contribution is 5.93. The van der Waals surface area contributed by atoms with Crippen molar-refractivity contribution in [1.82, 2.24) is 0 Å². The monoisotopic (exact) mass is 239 g/mol. The van der Waals surface area contributed by atoms with Gasteiger partial charge in [0.2, 0.25) is 0 Å². The van der Waals surface area contributed by atoms with Crippen molar-refractivity contribution in [3.8, 4) is 5.75 Å². The van der Waals surface area contributed by atoms with Gasteiger partial charge in [-0.1, -0.05) is 6.92 Å². The number of methoxy groups -OCH3 is 1. The Balaban J connectivity index is 2.77. The van der Waals surface area contributed by atoms with E-state index in [2.05, 4.69) is 0 Å². The van der Waals surface area contributed by atoms with E-state index in [1.807, 2.05) is 0 Å². The molecule has 5 nitrogen and oxygen atoms in total. The van der Waals surface area contributed by atoms with E-state index >= 15 is 0 Å². The molecule has 1 rings (SSSR count). The van der Waals surface area contributed by atoms with Gasteiger partial charge in [0.1, 0.15) is 11.3 Å². The number of rotatable bonds is 5. The Labute approximate surface area is 100 Å². The lowest BCUT2D eigenvalue weighted by atomic mass is 10.1. The van der Waals surface area contributed by atoms with E-state index in [1.54, 1.807) is 19.1 Å². The van der Waals surface area contributed by atoms with Gasteiger partial charge in [0.15, 0.2) is 0 Å². The second-order valence-corrected chi connectivity index (χ2v) is 3.85. The highest BCUT2D eigenvalue weighted by Gasteiger charge is 2.15. The number of carbonyl (C=O) groups excluding carboxylic acids is 1. The summed E-state index contributed by atoms with van der Waals surface area (Å²) < 4.78 is 10.1. The second-order valence-electron chi connectivity index (χ2n) is 3.85. The third-order valence-corrected chi connectivity index (χ3v) is 2.25. The summed E-state index contributed by atoms with van der Waals surface area (Å²) in [4.78, 5) is 11.8. The number of benzene rings is 1. The topological polar surface area (TPSA) is 81.8 Å². The molecule has 17 heavy (non-hydrogen) atoms. The highest BCUT2D eigenvalue weighted by Crippen LogP contribution is 2.22. The van der Waals surface area contributed by atoms with Crippen LogP contribution in [-0.2, 0) is 4.74 Å². The summed E-state index contributed by atoms with van der Waals surface area (Å²) in [6.45, 7) is 1.92. The Morgan fingerprint density at radius 1 is 1.53 bits per heavy atom. The molecule has 0 radical (unpaired) electrons. The van der Waals surface area contributed by atoms with Crippen molar-refractivity contribution in [1.29, 1.82) is 0 Å². The Hall–Kier alpha value is -1.75. The van der Waals surface area contributed by atoms with E-state index in [0.717, 1.165) is 0 Å². The molecule has 1 aromatic rings. The molecule has 5 heteroatoms. The summed E-state index contributed by atoms with van der Waals surface area (Å²) in [6.07, 6.45) is 0. The van der Waals surface area contributed by atoms with Gasteiger partial charge in [-0.25, -0.2) is 4.79 Å². The third-order valence-electron chi connectivity index (χ3n) is 2.25. The molecule has 0 bridgehead atoms. The van der Waals surface area contributed by atoms with Crippen LogP contribution in [0, 0.1) is 5.92 Å². The Kier molecular flexibility index (Phi) is 4.78. The second kappa shape index (κ2) is 6.10. The maximum absolute atomic E-state index is 11.8. The fourth-order valence-corrected chi connectivity index (χ4v) is 1.23. The Morgan fingerprint density at radius 3 is 2.82 bits per heavy atom. The number of anilines is 1. The van der Waals surface area contributed by atoms with Crippen LogP contribution in [0.25, 0.3) is 0 Å². The van der Waals surface area contributed by atoms with Crippen LogP contribution < -0.4 is 10.5 Å². The molecule has 0 aliphatic rings. The maximum Gasteiger partial charge on any atom is 0.342 e. The molecular formula is C12H17NO4. The molecule has 0 aromatic heterocycles. The van der Waals surface area contributed by atoms with Crippen molar-refractivity contribution in [3.63, 3.8) is 0 Å². The first kappa shape index (κ1) is 13.3. The van der Waals surface area contributed by atoms with Gasteiger partial charge in [0.25, 0.3) is 0 Å². The molecule has 94 valence electrons. The zero-order chi connectivity index (χ0) is 12.8. The first-order chi connectivity index (χ1) is 8.08. The standard InChI is InChI=1S/C12H17NO4/c1-8(6-14)7-17-12(15)10-5-9(13)3-4-11(10)16-2/h3-5,8,14H,6-7,13H2,1-2H3. The van der Waals surface area contributed by atoms with Crippen molar-refractivity contribution >= 4 is 11.7 Å². The quantitative estimate of drug-likeness (QED) is 0.593. The molecule has 0 amide bonds. The molecular weight excluding hydrogens is 222 g/mol. The van der Waals surface area contributed by atoms with Gasteiger partial charge in [-0.05, 0) is 18.2 Å². The highest BCUT2D eigenvalue weighted by atomic mass is 16.5. The van der Waals surface area contributed by atoms with Crippen molar-refractivity contribution in [2.75, 3.05) is 26.1 Å². The van der Waals surface area contributed by atoms with Gasteiger partial charge in [0, 0.05) is 18.2 Å². The summed E-state index contributed by atoms with van der Waals surface area (Å²) in [6, 6.07) is 4.76. The van der Waals surface area contributed by atoms with Crippen LogP contribution in [0.5, 0.6) is 5.75 Å². The number of hydrogen-bond acceptors (Lipinski definition) is 5. The van der Waals surface area contributed by atoms with E-state index in [1.165, 1.54) is 13.2 Å². The van der Waals surface area contributed by atoms with Gasteiger partial charge < -0.3 is 20.3 Å². The van der Waals surface area contributed by atoms with Crippen LogP contribution in [0.15, 0.2) is 18.2 Å². The summed E-state index contributed by atoms with van der Waals surface area (Å²) in [7, 11) is 1.47. The number of carbonyl (C=O) groups is 1. The Bertz CT molecular complexity index is 392. The summed E-state index contributed by atoms with van der Waals surface area (Å²) >= 11 is 0. The normalized spacial score (nSPS) is 11.9. The van der Waals surface area contributed by atoms with Crippen molar-refractivity contribution in [2.45, 2.75) is 6.92 Å². The molecule has 0 aliphatic heterocycles. The predicted octanol–water partition coefficient (Wildman–Crippen LogP) is 1.06. The van der Waals surface area contributed by atoms with E-state index < -0.39 is 5.97 Å². The maximum atomic E-state index is 11.8. The van der Waals surface area contributed by atoms with Crippen molar-refractivity contribution < 1.29 is 19.4 Å². The average Bonchev–Trinajstić information content (AvgIpc) is 2.35. The summed E-state index contributed by atoms with van der Waals surface area (Å²) in [5.41, 5.74) is 6.35. The summed E-state index contributed by atoms with van der Waals surface area (Å²) in [5.74, 6) is -0.179. The van der Waals surface area contributed by atoms with Crippen LogP contribution in [-0.4, -0.2) is 31.4 Å². The average molecular weight is 239 g/mol. The number of aliphatic hydroxyl groups is 1. The molecule has 1 aromatic carbocycles. The molecule has 0 fully saturated rings. The molecule has 0 saturated carbocycles. The van der Waals surface area contributed by atoms with Gasteiger partial charge in [0.05, 0.1) is 13.7 Å². The predicted molar refractivity (Wildman–Crippen MR) is 63.9 cm³/mol. The van der Waals surface area contributed by atoms with Gasteiger partial charge in [-0.15, -0.1) is 0 Å². The van der Waals surface area contributed by atoms with Crippen LogP contribution in [0.1, 0.15) is 17.3 Å². The minimum Gasteiger partial charge on any atom is -0.496 e. The fraction of sp³-hybridized carbons (Fsp3) is 0.417. The lowest BCUT2D eigenvalue weighted by molar-refractivity contribution is 0.0402. The lowest BCUT2D eigenvalue weighted by Crippen LogP contribution is -2.15. The van der Waals surface area contributed by atoms with E-state index in [-0.39, 0.29) is 24.7 Å². The van der Waals surface area contributed by atoms with Crippen LogP contribution in [0.2, 0.25) is 0 Å². The van der Waals surface area contributed by atoms with Gasteiger partial charge in [-0.3, -0.25) is 0 Å². The van der Waals surface area contributed by atoms with Crippen LogP contribution in [0.4, 0.5) is 5.69 Å². The largest absolute Gasteiger partial charge is 0.496 e. The number of esters is 1. The van der Waals surface area contributed by atoms with Gasteiger partial charge in [-0.2, -0.15) is 0 Å². The summed E-state index contributed by atoms with van der Waals surface area (Å²) in [5, 5.41) is 8.83. The smallest absolute Gasteiger partial charge is 0.342 e. The molecule has 0 saturated heterocycles. The van der Waals surface area contributed by atoms with Crippen LogP contribution >= 0.6 is 0 Å². The zero-order valence-corrected chi connectivity index (χ0v) is 9.97. The SMILES string of the molecule is COc1ccc(N)cc1C(=O)OCC(C)CO. The molecule has 1 unspecified atom stereocenters. The Morgan fingerprint density at radius 2 is 2.24 bits per heavy atom. The van der Waals surface area contributed by atoms with Gasteiger partial charge >= 0.3 is 5.97 Å². The number of ether oxygens (including phenoxy) is 2. The number of nitrogens with two attached hydrogens (primary N) is 1. The lowest BCUT2D eigenvalue weighted by Gasteiger charge is -2.11.